The molecule has 0 bridgehead atoms. The Kier molecular flexibility index (Phi) is 11.8. The van der Waals surface area contributed by atoms with E-state index in [2.05, 4.69) is 48.5 Å². The molecule has 2 aromatic rings. The molecule has 0 radical (unpaired) electrons. The number of halogens is 1. The maximum Gasteiger partial charge on any atom is 0.255 e. The number of rotatable bonds is 10. The van der Waals surface area contributed by atoms with Crippen LogP contribution in [0.15, 0.2) is 53.5 Å². The van der Waals surface area contributed by atoms with Crippen molar-refractivity contribution in [3.05, 3.63) is 59.7 Å². The maximum absolute atomic E-state index is 10.9. The molecule has 0 saturated carbocycles. The number of nitrogens with two attached hydrogens (primary N) is 1. The van der Waals surface area contributed by atoms with Crippen LogP contribution in [0.25, 0.3) is 0 Å². The molecule has 0 fully saturated rings. The minimum Gasteiger partial charge on any atom is -0.493 e. The monoisotopic (exact) mass is 540 g/mol. The lowest BCUT2D eigenvalue weighted by atomic mass is 10.1. The molecule has 31 heavy (non-hydrogen) atoms. The van der Waals surface area contributed by atoms with Gasteiger partial charge in [-0.2, -0.15) is 0 Å². The molecule has 2 rings (SSSR count). The minimum atomic E-state index is -0.503. The van der Waals surface area contributed by atoms with Gasteiger partial charge in [-0.05, 0) is 48.2 Å². The Labute approximate surface area is 201 Å². The highest BCUT2D eigenvalue weighted by atomic mass is 127. The van der Waals surface area contributed by atoms with E-state index in [0.29, 0.717) is 30.8 Å². The second-order valence-corrected chi connectivity index (χ2v) is 7.47. The van der Waals surface area contributed by atoms with Crippen molar-refractivity contribution in [1.82, 2.24) is 10.6 Å². The first-order chi connectivity index (χ1) is 14.4. The van der Waals surface area contributed by atoms with Gasteiger partial charge in [-0.25, -0.2) is 0 Å². The summed E-state index contributed by atoms with van der Waals surface area (Å²) in [6.07, 6.45) is 0. The van der Waals surface area contributed by atoms with Gasteiger partial charge in [0.1, 0.15) is 11.5 Å². The zero-order valence-electron chi connectivity index (χ0n) is 18.6. The third kappa shape index (κ3) is 9.91. The average molecular weight is 540 g/mol. The molecule has 0 aliphatic carbocycles. The fourth-order valence-corrected chi connectivity index (χ4v) is 2.68. The number of primary amides is 1. The summed E-state index contributed by atoms with van der Waals surface area (Å²) in [4.78, 5) is 15.2. The van der Waals surface area contributed by atoms with Gasteiger partial charge < -0.3 is 25.8 Å². The molecule has 2 aromatic carbocycles. The average Bonchev–Trinajstić information content (AvgIpc) is 2.74. The third-order valence-corrected chi connectivity index (χ3v) is 4.28. The second kappa shape index (κ2) is 13.7. The van der Waals surface area contributed by atoms with E-state index >= 15 is 0 Å². The van der Waals surface area contributed by atoms with E-state index in [1.165, 1.54) is 0 Å². The molecular weight excluding hydrogens is 507 g/mol. The molecule has 0 aromatic heterocycles. The van der Waals surface area contributed by atoms with E-state index in [0.717, 1.165) is 16.9 Å². The van der Waals surface area contributed by atoms with E-state index < -0.39 is 5.91 Å². The summed E-state index contributed by atoms with van der Waals surface area (Å²) in [5, 5.41) is 6.67. The summed E-state index contributed by atoms with van der Waals surface area (Å²) < 4.78 is 11.1. The molecule has 4 N–H and O–H groups in total. The Hall–Kier alpha value is -2.49. The van der Waals surface area contributed by atoms with Crippen LogP contribution in [0.5, 0.6) is 11.5 Å². The highest BCUT2D eigenvalue weighted by molar-refractivity contribution is 14.0. The van der Waals surface area contributed by atoms with Gasteiger partial charge in [0.2, 0.25) is 0 Å². The Morgan fingerprint density at radius 2 is 1.77 bits per heavy atom. The zero-order valence-corrected chi connectivity index (χ0v) is 20.9. The highest BCUT2D eigenvalue weighted by Crippen LogP contribution is 2.18. The number of amides is 1. The molecule has 1 amide bonds. The number of nitrogens with one attached hydrogen (secondary N) is 2. The van der Waals surface area contributed by atoms with Gasteiger partial charge in [0.15, 0.2) is 12.6 Å². The summed E-state index contributed by atoms with van der Waals surface area (Å²) in [5.41, 5.74) is 7.25. The van der Waals surface area contributed by atoms with E-state index in [1.807, 2.05) is 30.3 Å². The maximum atomic E-state index is 10.9. The lowest BCUT2D eigenvalue weighted by molar-refractivity contribution is -0.119. The zero-order chi connectivity index (χ0) is 21.9. The Balaban J connectivity index is 0.00000480. The molecule has 1 unspecified atom stereocenters. The van der Waals surface area contributed by atoms with Crippen LogP contribution >= 0.6 is 24.0 Å². The molecule has 0 saturated heterocycles. The normalized spacial score (nSPS) is 12.0. The van der Waals surface area contributed by atoms with Crippen molar-refractivity contribution in [3.8, 4) is 11.5 Å². The van der Waals surface area contributed by atoms with Gasteiger partial charge in [-0.3, -0.25) is 9.79 Å². The Bertz CT molecular complexity index is 841. The van der Waals surface area contributed by atoms with Crippen molar-refractivity contribution in [2.75, 3.05) is 20.3 Å². The SMILES string of the molecule is CN=C(NCc1cccc(OCC(N)=O)c1)NC(C)c1ccc(OCC(C)C)cc1.I. The van der Waals surface area contributed by atoms with Gasteiger partial charge in [0, 0.05) is 13.6 Å². The summed E-state index contributed by atoms with van der Waals surface area (Å²) >= 11 is 0. The Morgan fingerprint density at radius 3 is 2.39 bits per heavy atom. The van der Waals surface area contributed by atoms with Crippen LogP contribution in [0.3, 0.4) is 0 Å². The van der Waals surface area contributed by atoms with Crippen molar-refractivity contribution in [3.63, 3.8) is 0 Å². The smallest absolute Gasteiger partial charge is 0.255 e. The van der Waals surface area contributed by atoms with Crippen LogP contribution in [0.4, 0.5) is 0 Å². The first-order valence-corrected chi connectivity index (χ1v) is 10.1. The predicted octanol–water partition coefficient (Wildman–Crippen LogP) is 3.63. The number of carbonyl (C=O) groups is 1. The first-order valence-electron chi connectivity index (χ1n) is 10.1. The van der Waals surface area contributed by atoms with Crippen LogP contribution in [0.2, 0.25) is 0 Å². The number of aliphatic imine (C=N–C) groups is 1. The topological polar surface area (TPSA) is 98.0 Å². The van der Waals surface area contributed by atoms with Crippen molar-refractivity contribution < 1.29 is 14.3 Å². The summed E-state index contributed by atoms with van der Waals surface area (Å²) in [5.74, 6) is 2.16. The quantitative estimate of drug-likeness (QED) is 0.243. The van der Waals surface area contributed by atoms with Crippen LogP contribution in [0, 0.1) is 5.92 Å². The number of hydrogen-bond donors (Lipinski definition) is 3. The highest BCUT2D eigenvalue weighted by Gasteiger charge is 2.09. The molecule has 0 aliphatic rings. The van der Waals surface area contributed by atoms with E-state index in [1.54, 1.807) is 13.1 Å². The van der Waals surface area contributed by atoms with Crippen molar-refractivity contribution >= 4 is 35.8 Å². The molecule has 7 nitrogen and oxygen atoms in total. The summed E-state index contributed by atoms with van der Waals surface area (Å²) in [7, 11) is 1.73. The lowest BCUT2D eigenvalue weighted by Crippen LogP contribution is -2.38. The second-order valence-electron chi connectivity index (χ2n) is 7.47. The van der Waals surface area contributed by atoms with Crippen LogP contribution < -0.4 is 25.8 Å². The summed E-state index contributed by atoms with van der Waals surface area (Å²) in [6.45, 7) is 7.46. The summed E-state index contributed by atoms with van der Waals surface area (Å²) in [6, 6.07) is 15.7. The number of nitrogens with zero attached hydrogens (tertiary/aromatic N) is 1. The standard InChI is InChI=1S/C23H32N4O3.HI/c1-16(2)14-29-20-10-8-19(9-11-20)17(3)27-23(25-4)26-13-18-6-5-7-21(12-18)30-15-22(24)28;/h5-12,16-17H,13-15H2,1-4H3,(H2,24,28)(H2,25,26,27);1H. The first kappa shape index (κ1) is 26.5. The number of carbonyl (C=O) groups excluding carboxylic acids is 1. The van der Waals surface area contributed by atoms with Gasteiger partial charge >= 0.3 is 0 Å². The van der Waals surface area contributed by atoms with Crippen molar-refractivity contribution in [1.29, 1.82) is 0 Å². The molecule has 0 spiro atoms. The van der Waals surface area contributed by atoms with Crippen LogP contribution in [0.1, 0.15) is 37.9 Å². The van der Waals surface area contributed by atoms with Gasteiger partial charge in [-0.15, -0.1) is 24.0 Å². The fraction of sp³-hybridized carbons (Fsp3) is 0.391. The minimum absolute atomic E-state index is 0. The number of benzene rings is 2. The lowest BCUT2D eigenvalue weighted by Gasteiger charge is -2.19. The van der Waals surface area contributed by atoms with Crippen molar-refractivity contribution in [2.24, 2.45) is 16.6 Å². The molecule has 170 valence electrons. The third-order valence-electron chi connectivity index (χ3n) is 4.28. The van der Waals surface area contributed by atoms with E-state index in [-0.39, 0.29) is 36.6 Å². The Morgan fingerprint density at radius 1 is 1.06 bits per heavy atom. The molecular formula is C23H33IN4O3. The van der Waals surface area contributed by atoms with Gasteiger partial charge in [0.05, 0.1) is 12.6 Å². The van der Waals surface area contributed by atoms with E-state index in [9.17, 15) is 4.79 Å². The number of hydrogen-bond acceptors (Lipinski definition) is 4. The number of guanidine groups is 1. The largest absolute Gasteiger partial charge is 0.493 e. The fourth-order valence-electron chi connectivity index (χ4n) is 2.68. The van der Waals surface area contributed by atoms with Crippen LogP contribution in [-0.4, -0.2) is 32.1 Å². The molecule has 0 aliphatic heterocycles. The van der Waals surface area contributed by atoms with E-state index in [4.69, 9.17) is 15.2 Å². The van der Waals surface area contributed by atoms with Crippen molar-refractivity contribution in [2.45, 2.75) is 33.4 Å². The predicted molar refractivity (Wildman–Crippen MR) is 135 cm³/mol. The van der Waals surface area contributed by atoms with Gasteiger partial charge in [0.25, 0.3) is 5.91 Å². The van der Waals surface area contributed by atoms with Crippen LogP contribution in [-0.2, 0) is 11.3 Å². The van der Waals surface area contributed by atoms with Gasteiger partial charge in [-0.1, -0.05) is 38.1 Å². The molecule has 1 atom stereocenters. The number of ether oxygens (including phenoxy) is 2. The molecule has 8 heteroatoms. The molecule has 0 heterocycles.